The fourth-order valence-corrected chi connectivity index (χ4v) is 3.92. The molecule has 0 bridgehead atoms. The van der Waals surface area contributed by atoms with Crippen LogP contribution in [0.1, 0.15) is 45.1 Å². The summed E-state index contributed by atoms with van der Waals surface area (Å²) in [5, 5.41) is 5.23. The Morgan fingerprint density at radius 1 is 1.32 bits per heavy atom. The molecule has 1 aromatic rings. The lowest BCUT2D eigenvalue weighted by atomic mass is 9.87. The van der Waals surface area contributed by atoms with Gasteiger partial charge in [0.2, 0.25) is 0 Å². The van der Waals surface area contributed by atoms with Crippen LogP contribution in [-0.2, 0) is 0 Å². The minimum Gasteiger partial charge on any atom is -0.313 e. The fraction of sp³-hybridized carbons (Fsp3) is 0.733. The summed E-state index contributed by atoms with van der Waals surface area (Å²) in [4.78, 5) is 8.87. The Labute approximate surface area is 121 Å². The molecule has 1 heterocycles. The maximum Gasteiger partial charge on any atom is 0.187 e. The van der Waals surface area contributed by atoms with Crippen LogP contribution in [0.5, 0.6) is 0 Å². The van der Waals surface area contributed by atoms with Crippen LogP contribution in [0.4, 0.5) is 0 Å². The molecule has 1 aliphatic rings. The first-order valence-electron chi connectivity index (χ1n) is 7.37. The summed E-state index contributed by atoms with van der Waals surface area (Å²) >= 11 is 1.85. The van der Waals surface area contributed by atoms with Gasteiger partial charge in [-0.3, -0.25) is 0 Å². The molecule has 0 saturated heterocycles. The van der Waals surface area contributed by atoms with E-state index in [0.29, 0.717) is 11.3 Å². The van der Waals surface area contributed by atoms with Crippen LogP contribution in [0.15, 0.2) is 17.6 Å². The van der Waals surface area contributed by atoms with E-state index in [2.05, 4.69) is 29.1 Å². The SMILES string of the molecule is CCCNC1CCC(C)CC1Sc1ncc(C)cn1. The first-order chi connectivity index (χ1) is 9.19. The molecular weight excluding hydrogens is 254 g/mol. The lowest BCUT2D eigenvalue weighted by molar-refractivity contribution is 0.317. The zero-order valence-corrected chi connectivity index (χ0v) is 13.0. The third kappa shape index (κ3) is 4.46. The topological polar surface area (TPSA) is 37.8 Å². The Morgan fingerprint density at radius 3 is 2.74 bits per heavy atom. The molecule has 1 aliphatic carbocycles. The van der Waals surface area contributed by atoms with Crippen molar-refractivity contribution in [3.8, 4) is 0 Å². The molecule has 1 saturated carbocycles. The Balaban J connectivity index is 1.98. The van der Waals surface area contributed by atoms with Gasteiger partial charge in [-0.05, 0) is 50.6 Å². The predicted molar refractivity (Wildman–Crippen MR) is 81.5 cm³/mol. The molecule has 0 spiro atoms. The Bertz CT molecular complexity index is 377. The van der Waals surface area contributed by atoms with Crippen LogP contribution in [0.3, 0.4) is 0 Å². The number of rotatable bonds is 5. The van der Waals surface area contributed by atoms with Gasteiger partial charge in [0.05, 0.1) is 0 Å². The highest BCUT2D eigenvalue weighted by molar-refractivity contribution is 7.99. The molecule has 106 valence electrons. The molecule has 1 fully saturated rings. The molecule has 4 heteroatoms. The van der Waals surface area contributed by atoms with E-state index >= 15 is 0 Å². The second kappa shape index (κ2) is 7.25. The molecule has 1 aromatic heterocycles. The van der Waals surface area contributed by atoms with Crippen molar-refractivity contribution in [2.24, 2.45) is 5.92 Å². The Hall–Kier alpha value is -0.610. The highest BCUT2D eigenvalue weighted by Gasteiger charge is 2.29. The zero-order valence-electron chi connectivity index (χ0n) is 12.2. The smallest absolute Gasteiger partial charge is 0.187 e. The first-order valence-corrected chi connectivity index (χ1v) is 8.25. The molecule has 3 nitrogen and oxygen atoms in total. The summed E-state index contributed by atoms with van der Waals surface area (Å²) in [5.74, 6) is 0.822. The molecule has 0 amide bonds. The molecule has 0 radical (unpaired) electrons. The van der Waals surface area contributed by atoms with Gasteiger partial charge in [0.1, 0.15) is 0 Å². The van der Waals surface area contributed by atoms with Gasteiger partial charge in [0.15, 0.2) is 5.16 Å². The molecule has 19 heavy (non-hydrogen) atoms. The van der Waals surface area contributed by atoms with Crippen LogP contribution in [0, 0.1) is 12.8 Å². The van der Waals surface area contributed by atoms with Crippen molar-refractivity contribution >= 4 is 11.8 Å². The van der Waals surface area contributed by atoms with E-state index in [-0.39, 0.29) is 0 Å². The number of aromatic nitrogens is 2. The van der Waals surface area contributed by atoms with Gasteiger partial charge in [0, 0.05) is 23.7 Å². The minimum atomic E-state index is 0.609. The van der Waals surface area contributed by atoms with Crippen molar-refractivity contribution in [2.45, 2.75) is 62.9 Å². The van der Waals surface area contributed by atoms with E-state index in [1.165, 1.54) is 25.7 Å². The van der Waals surface area contributed by atoms with Gasteiger partial charge in [-0.1, -0.05) is 25.6 Å². The summed E-state index contributed by atoms with van der Waals surface area (Å²) in [7, 11) is 0. The standard InChI is InChI=1S/C15H25N3S/c1-4-7-16-13-6-5-11(2)8-14(13)19-15-17-9-12(3)10-18-15/h9-11,13-14,16H,4-8H2,1-3H3. The quantitative estimate of drug-likeness (QED) is 0.838. The largest absolute Gasteiger partial charge is 0.313 e. The number of aryl methyl sites for hydroxylation is 1. The molecule has 0 aromatic carbocycles. The third-order valence-corrected chi connectivity index (χ3v) is 4.97. The van der Waals surface area contributed by atoms with E-state index in [0.717, 1.165) is 23.2 Å². The van der Waals surface area contributed by atoms with Crippen molar-refractivity contribution in [3.05, 3.63) is 18.0 Å². The lowest BCUT2D eigenvalue weighted by Gasteiger charge is -2.34. The maximum absolute atomic E-state index is 4.44. The summed E-state index contributed by atoms with van der Waals surface area (Å²) in [5.41, 5.74) is 1.13. The molecule has 2 rings (SSSR count). The van der Waals surface area contributed by atoms with E-state index < -0.39 is 0 Å². The van der Waals surface area contributed by atoms with E-state index in [9.17, 15) is 0 Å². The Morgan fingerprint density at radius 2 is 2.05 bits per heavy atom. The molecule has 3 atom stereocenters. The van der Waals surface area contributed by atoms with Crippen LogP contribution >= 0.6 is 11.8 Å². The molecule has 1 N–H and O–H groups in total. The second-order valence-electron chi connectivity index (χ2n) is 5.68. The molecule has 0 aliphatic heterocycles. The second-order valence-corrected chi connectivity index (χ2v) is 6.88. The number of thioether (sulfide) groups is 1. The van der Waals surface area contributed by atoms with Gasteiger partial charge >= 0.3 is 0 Å². The third-order valence-electron chi connectivity index (χ3n) is 3.72. The van der Waals surface area contributed by atoms with E-state index in [1.807, 2.05) is 31.1 Å². The summed E-state index contributed by atoms with van der Waals surface area (Å²) in [6, 6.07) is 0.617. The zero-order chi connectivity index (χ0) is 13.7. The van der Waals surface area contributed by atoms with Gasteiger partial charge < -0.3 is 5.32 Å². The van der Waals surface area contributed by atoms with Crippen molar-refractivity contribution in [2.75, 3.05) is 6.54 Å². The van der Waals surface area contributed by atoms with Crippen LogP contribution in [0.2, 0.25) is 0 Å². The van der Waals surface area contributed by atoms with E-state index in [1.54, 1.807) is 0 Å². The van der Waals surface area contributed by atoms with Gasteiger partial charge in [-0.25, -0.2) is 9.97 Å². The van der Waals surface area contributed by atoms with Crippen molar-refractivity contribution in [1.29, 1.82) is 0 Å². The summed E-state index contributed by atoms with van der Waals surface area (Å²) in [6.45, 7) is 7.73. The van der Waals surface area contributed by atoms with Gasteiger partial charge in [0.25, 0.3) is 0 Å². The first kappa shape index (κ1) is 14.8. The highest BCUT2D eigenvalue weighted by atomic mass is 32.2. The highest BCUT2D eigenvalue weighted by Crippen LogP contribution is 2.34. The number of nitrogens with zero attached hydrogens (tertiary/aromatic N) is 2. The average molecular weight is 279 g/mol. The normalized spacial score (nSPS) is 27.4. The molecule has 3 unspecified atom stereocenters. The summed E-state index contributed by atoms with van der Waals surface area (Å²) in [6.07, 6.45) is 8.91. The maximum atomic E-state index is 4.44. The van der Waals surface area contributed by atoms with Crippen LogP contribution < -0.4 is 5.32 Å². The summed E-state index contributed by atoms with van der Waals surface area (Å²) < 4.78 is 0. The number of hydrogen-bond donors (Lipinski definition) is 1. The van der Waals surface area contributed by atoms with Crippen molar-refractivity contribution < 1.29 is 0 Å². The van der Waals surface area contributed by atoms with Gasteiger partial charge in [-0.15, -0.1) is 0 Å². The van der Waals surface area contributed by atoms with Crippen LogP contribution in [-0.4, -0.2) is 27.8 Å². The lowest BCUT2D eigenvalue weighted by Crippen LogP contribution is -2.42. The van der Waals surface area contributed by atoms with Crippen molar-refractivity contribution in [3.63, 3.8) is 0 Å². The number of hydrogen-bond acceptors (Lipinski definition) is 4. The number of nitrogens with one attached hydrogen (secondary N) is 1. The van der Waals surface area contributed by atoms with Crippen LogP contribution in [0.25, 0.3) is 0 Å². The Kier molecular flexibility index (Phi) is 5.64. The minimum absolute atomic E-state index is 0.609. The monoisotopic (exact) mass is 279 g/mol. The average Bonchev–Trinajstić information content (AvgIpc) is 2.40. The van der Waals surface area contributed by atoms with Crippen molar-refractivity contribution in [1.82, 2.24) is 15.3 Å². The van der Waals surface area contributed by atoms with E-state index in [4.69, 9.17) is 0 Å². The molecular formula is C15H25N3S. The van der Waals surface area contributed by atoms with Gasteiger partial charge in [-0.2, -0.15) is 0 Å². The predicted octanol–water partition coefficient (Wildman–Crippen LogP) is 3.43. The fourth-order valence-electron chi connectivity index (χ4n) is 2.60.